The van der Waals surface area contributed by atoms with Crippen molar-refractivity contribution in [3.8, 4) is 0 Å². The Hall–Kier alpha value is -0.790. The normalized spacial score (nSPS) is 25.8. The van der Waals surface area contributed by atoms with Crippen LogP contribution in [0, 0.1) is 10.1 Å². The van der Waals surface area contributed by atoms with Gasteiger partial charge in [0.2, 0.25) is 0 Å². The van der Waals surface area contributed by atoms with Crippen molar-refractivity contribution in [2.75, 3.05) is 18.1 Å². The number of rotatable bonds is 2. The lowest BCUT2D eigenvalue weighted by Crippen LogP contribution is -2.43. The van der Waals surface area contributed by atoms with Crippen molar-refractivity contribution in [1.82, 2.24) is 9.78 Å². The summed E-state index contributed by atoms with van der Waals surface area (Å²) in [7, 11) is 0. The van der Waals surface area contributed by atoms with Crippen LogP contribution in [0.3, 0.4) is 0 Å². The van der Waals surface area contributed by atoms with Gasteiger partial charge in [0.05, 0.1) is 22.9 Å². The fourth-order valence-corrected chi connectivity index (χ4v) is 4.43. The molecule has 2 fully saturated rings. The Balaban J connectivity index is 1.79. The number of aromatic nitrogens is 2. The van der Waals surface area contributed by atoms with Crippen molar-refractivity contribution >= 4 is 29.2 Å². The van der Waals surface area contributed by atoms with Gasteiger partial charge >= 0.3 is 5.82 Å². The fourth-order valence-electron chi connectivity index (χ4n) is 2.99. The van der Waals surface area contributed by atoms with Crippen LogP contribution in [0.2, 0.25) is 5.02 Å². The van der Waals surface area contributed by atoms with E-state index in [0.717, 1.165) is 37.2 Å². The van der Waals surface area contributed by atoms with Gasteiger partial charge in [-0.1, -0.05) is 11.6 Å². The minimum atomic E-state index is -0.537. The SMILES string of the molecule is O=[N+]([O-])c1nn(C2CCOC3(CCSCC3)C2)cc1Cl. The molecule has 3 heterocycles. The number of thioether (sulfide) groups is 1. The lowest BCUT2D eigenvalue weighted by atomic mass is 9.85. The Morgan fingerprint density at radius 1 is 1.55 bits per heavy atom. The first-order valence-corrected chi connectivity index (χ1v) is 8.24. The van der Waals surface area contributed by atoms with Gasteiger partial charge in [0, 0.05) is 13.0 Å². The molecule has 1 aromatic rings. The van der Waals surface area contributed by atoms with E-state index in [9.17, 15) is 10.1 Å². The molecule has 2 saturated heterocycles. The maximum Gasteiger partial charge on any atom is 0.408 e. The van der Waals surface area contributed by atoms with Crippen LogP contribution in [-0.2, 0) is 4.74 Å². The van der Waals surface area contributed by atoms with Crippen LogP contribution in [0.15, 0.2) is 6.20 Å². The molecule has 1 atom stereocenters. The number of halogens is 1. The molecule has 20 heavy (non-hydrogen) atoms. The van der Waals surface area contributed by atoms with Crippen LogP contribution >= 0.6 is 23.4 Å². The van der Waals surface area contributed by atoms with Crippen molar-refractivity contribution in [3.05, 3.63) is 21.3 Å². The van der Waals surface area contributed by atoms with E-state index in [1.54, 1.807) is 10.9 Å². The molecule has 1 spiro atoms. The Labute approximate surface area is 126 Å². The number of nitrogens with zero attached hydrogens (tertiary/aromatic N) is 3. The molecule has 2 aliphatic heterocycles. The van der Waals surface area contributed by atoms with E-state index in [4.69, 9.17) is 16.3 Å². The van der Waals surface area contributed by atoms with Crippen molar-refractivity contribution < 1.29 is 9.66 Å². The highest BCUT2D eigenvalue weighted by Crippen LogP contribution is 2.41. The summed E-state index contributed by atoms with van der Waals surface area (Å²) in [6.07, 6.45) is 5.35. The number of ether oxygens (including phenoxy) is 1. The second kappa shape index (κ2) is 5.54. The van der Waals surface area contributed by atoms with Gasteiger partial charge in [-0.2, -0.15) is 16.4 Å². The highest BCUT2D eigenvalue weighted by molar-refractivity contribution is 7.99. The molecule has 0 saturated carbocycles. The van der Waals surface area contributed by atoms with E-state index in [1.807, 2.05) is 11.8 Å². The smallest absolute Gasteiger partial charge is 0.375 e. The third-order valence-electron chi connectivity index (χ3n) is 4.09. The molecule has 1 unspecified atom stereocenters. The molecule has 0 aliphatic carbocycles. The fraction of sp³-hybridized carbons (Fsp3) is 0.750. The van der Waals surface area contributed by atoms with E-state index in [-0.39, 0.29) is 22.5 Å². The van der Waals surface area contributed by atoms with Crippen LogP contribution in [0.4, 0.5) is 5.82 Å². The molecule has 8 heteroatoms. The summed E-state index contributed by atoms with van der Waals surface area (Å²) in [4.78, 5) is 10.3. The van der Waals surface area contributed by atoms with Gasteiger partial charge in [-0.05, 0) is 35.7 Å². The zero-order valence-electron chi connectivity index (χ0n) is 11.0. The highest BCUT2D eigenvalue weighted by atomic mass is 35.5. The predicted molar refractivity (Wildman–Crippen MR) is 77.4 cm³/mol. The van der Waals surface area contributed by atoms with Crippen LogP contribution in [-0.4, -0.2) is 38.4 Å². The standard InChI is InChI=1S/C12H16ClN3O3S/c13-10-8-15(14-11(10)16(17)18)9-1-4-19-12(7-9)2-5-20-6-3-12/h8-9H,1-7H2. The second-order valence-corrected chi connectivity index (χ2v) is 6.96. The third kappa shape index (κ3) is 2.66. The van der Waals surface area contributed by atoms with Crippen molar-refractivity contribution in [2.45, 2.75) is 37.3 Å². The minimum absolute atomic E-state index is 0.0681. The molecule has 0 radical (unpaired) electrons. The number of hydrogen-bond acceptors (Lipinski definition) is 5. The molecule has 2 aliphatic rings. The summed E-state index contributed by atoms with van der Waals surface area (Å²) in [5, 5.41) is 15.0. The lowest BCUT2D eigenvalue weighted by Gasteiger charge is -2.42. The van der Waals surface area contributed by atoms with Gasteiger partial charge in [0.15, 0.2) is 5.02 Å². The van der Waals surface area contributed by atoms with Crippen molar-refractivity contribution in [3.63, 3.8) is 0 Å². The van der Waals surface area contributed by atoms with Crippen LogP contribution < -0.4 is 0 Å². The monoisotopic (exact) mass is 317 g/mol. The highest BCUT2D eigenvalue weighted by Gasteiger charge is 2.40. The van der Waals surface area contributed by atoms with Crippen LogP contribution in [0.25, 0.3) is 0 Å². The summed E-state index contributed by atoms with van der Waals surface area (Å²) >= 11 is 7.83. The van der Waals surface area contributed by atoms with E-state index in [1.165, 1.54) is 0 Å². The first kappa shape index (κ1) is 14.2. The summed E-state index contributed by atoms with van der Waals surface area (Å²) in [5.74, 6) is 1.98. The molecule has 3 rings (SSSR count). The van der Waals surface area contributed by atoms with Gasteiger partial charge in [0.25, 0.3) is 0 Å². The molecule has 0 amide bonds. The van der Waals surface area contributed by atoms with Crippen LogP contribution in [0.5, 0.6) is 0 Å². The quantitative estimate of drug-likeness (QED) is 0.619. The van der Waals surface area contributed by atoms with E-state index in [0.29, 0.717) is 6.61 Å². The molecule has 0 bridgehead atoms. The van der Waals surface area contributed by atoms with Gasteiger partial charge in [-0.25, -0.2) is 0 Å². The lowest BCUT2D eigenvalue weighted by molar-refractivity contribution is -0.389. The summed E-state index contributed by atoms with van der Waals surface area (Å²) in [6, 6.07) is 0.137. The second-order valence-electron chi connectivity index (χ2n) is 5.33. The molecule has 1 aromatic heterocycles. The van der Waals surface area contributed by atoms with Crippen molar-refractivity contribution in [1.29, 1.82) is 0 Å². The Morgan fingerprint density at radius 3 is 2.95 bits per heavy atom. The maximum atomic E-state index is 10.8. The van der Waals surface area contributed by atoms with E-state index < -0.39 is 4.92 Å². The van der Waals surface area contributed by atoms with Crippen LogP contribution in [0.1, 0.15) is 31.7 Å². The van der Waals surface area contributed by atoms with Gasteiger partial charge < -0.3 is 14.9 Å². The minimum Gasteiger partial charge on any atom is -0.375 e. The Kier molecular flexibility index (Phi) is 3.92. The average molecular weight is 318 g/mol. The molecule has 6 nitrogen and oxygen atoms in total. The predicted octanol–water partition coefficient (Wildman–Crippen LogP) is 3.06. The van der Waals surface area contributed by atoms with Gasteiger partial charge in [-0.15, -0.1) is 0 Å². The zero-order valence-corrected chi connectivity index (χ0v) is 12.5. The molecular weight excluding hydrogens is 302 g/mol. The largest absolute Gasteiger partial charge is 0.408 e. The molecular formula is C12H16ClN3O3S. The summed E-state index contributed by atoms with van der Waals surface area (Å²) in [5.41, 5.74) is -0.0681. The average Bonchev–Trinajstić information content (AvgIpc) is 2.82. The third-order valence-corrected chi connectivity index (χ3v) is 5.34. The van der Waals surface area contributed by atoms with E-state index in [2.05, 4.69) is 5.10 Å². The topological polar surface area (TPSA) is 70.2 Å². The van der Waals surface area contributed by atoms with Gasteiger partial charge in [0.1, 0.15) is 0 Å². The maximum absolute atomic E-state index is 10.8. The van der Waals surface area contributed by atoms with Gasteiger partial charge in [-0.3, -0.25) is 0 Å². The first-order chi connectivity index (χ1) is 9.60. The summed E-state index contributed by atoms with van der Waals surface area (Å²) < 4.78 is 7.68. The number of nitro groups is 1. The zero-order chi connectivity index (χ0) is 14.2. The molecule has 110 valence electrons. The molecule has 0 N–H and O–H groups in total. The summed E-state index contributed by atoms with van der Waals surface area (Å²) in [6.45, 7) is 0.681. The Bertz CT molecular complexity index is 511. The molecule has 0 aromatic carbocycles. The first-order valence-electron chi connectivity index (χ1n) is 6.70. The number of hydrogen-bond donors (Lipinski definition) is 0. The van der Waals surface area contributed by atoms with Crippen molar-refractivity contribution in [2.24, 2.45) is 0 Å². The van der Waals surface area contributed by atoms with E-state index >= 15 is 0 Å². The Morgan fingerprint density at radius 2 is 2.30 bits per heavy atom.